The Labute approximate surface area is 229 Å². The van der Waals surface area contributed by atoms with Crippen LogP contribution in [-0.4, -0.2) is 30.9 Å². The van der Waals surface area contributed by atoms with Gasteiger partial charge < -0.3 is 9.47 Å². The van der Waals surface area contributed by atoms with Crippen LogP contribution < -0.4 is 0 Å². The highest BCUT2D eigenvalue weighted by atomic mass is 16.5. The minimum Gasteiger partial charge on any atom is -0.468 e. The van der Waals surface area contributed by atoms with Crippen LogP contribution in [0.3, 0.4) is 0 Å². The summed E-state index contributed by atoms with van der Waals surface area (Å²) in [7, 11) is 1.48. The average molecular weight is 527 g/mol. The molecular weight excluding hydrogens is 476 g/mol. The van der Waals surface area contributed by atoms with Crippen LogP contribution in [0.1, 0.15) is 113 Å². The first-order valence-electron chi connectivity index (χ1n) is 15.1. The van der Waals surface area contributed by atoms with E-state index in [0.717, 1.165) is 56.1 Å². The Morgan fingerprint density at radius 3 is 2.16 bits per heavy atom. The highest BCUT2D eigenvalue weighted by molar-refractivity contribution is 6.05. The van der Waals surface area contributed by atoms with Crippen molar-refractivity contribution in [2.24, 2.45) is 50.7 Å². The highest BCUT2D eigenvalue weighted by Crippen LogP contribution is 2.76. The van der Waals surface area contributed by atoms with E-state index in [2.05, 4.69) is 48.5 Å². The summed E-state index contributed by atoms with van der Waals surface area (Å²) in [6.07, 6.45) is 8.39. The number of carbonyl (C=O) groups excluding carboxylic acids is 3. The Kier molecular flexibility index (Phi) is 6.37. The van der Waals surface area contributed by atoms with Gasteiger partial charge >= 0.3 is 11.9 Å². The van der Waals surface area contributed by atoms with Gasteiger partial charge in [0.1, 0.15) is 6.10 Å². The Morgan fingerprint density at radius 1 is 0.868 bits per heavy atom. The number of fused-ring (bicyclic) bond motifs is 7. The normalized spacial score (nSPS) is 45.6. The maximum Gasteiger partial charge on any atom is 0.316 e. The third-order valence-electron chi connectivity index (χ3n) is 13.3. The van der Waals surface area contributed by atoms with Crippen LogP contribution in [0.2, 0.25) is 0 Å². The lowest BCUT2D eigenvalue weighted by Gasteiger charge is -2.72. The minimum atomic E-state index is -0.760. The Morgan fingerprint density at radius 2 is 1.55 bits per heavy atom. The molecule has 3 unspecified atom stereocenters. The Bertz CT molecular complexity index is 1080. The maximum absolute atomic E-state index is 13.5. The van der Waals surface area contributed by atoms with Crippen molar-refractivity contribution in [3.63, 3.8) is 0 Å². The van der Waals surface area contributed by atoms with Crippen LogP contribution in [0.5, 0.6) is 0 Å². The second kappa shape index (κ2) is 8.67. The van der Waals surface area contributed by atoms with E-state index in [1.54, 1.807) is 0 Å². The van der Waals surface area contributed by atoms with E-state index in [9.17, 15) is 14.4 Å². The lowest BCUT2D eigenvalue weighted by Crippen LogP contribution is -2.66. The number of Topliss-reactive ketones (excluding diaryl/α,β-unsaturated/α-hetero) is 1. The molecule has 0 amide bonds. The van der Waals surface area contributed by atoms with Gasteiger partial charge in [-0.15, -0.1) is 0 Å². The minimum absolute atomic E-state index is 0.0204. The topological polar surface area (TPSA) is 69.7 Å². The molecule has 0 saturated heterocycles. The van der Waals surface area contributed by atoms with Crippen molar-refractivity contribution >= 4 is 17.7 Å². The van der Waals surface area contributed by atoms with Gasteiger partial charge in [0.05, 0.1) is 12.5 Å². The number of ketones is 1. The predicted octanol–water partition coefficient (Wildman–Crippen LogP) is 7.07. The van der Waals surface area contributed by atoms with Crippen molar-refractivity contribution in [1.29, 1.82) is 0 Å². The smallest absolute Gasteiger partial charge is 0.316 e. The fourth-order valence-electron chi connectivity index (χ4n) is 11.4. The van der Waals surface area contributed by atoms with E-state index in [-0.39, 0.29) is 57.3 Å². The third kappa shape index (κ3) is 3.38. The second-order valence-corrected chi connectivity index (χ2v) is 15.2. The van der Waals surface area contributed by atoms with E-state index >= 15 is 0 Å². The largest absolute Gasteiger partial charge is 0.468 e. The number of ether oxygens (including phenoxy) is 2. The molecule has 5 heteroatoms. The summed E-state index contributed by atoms with van der Waals surface area (Å²) in [6.45, 7) is 18.0. The monoisotopic (exact) mass is 526 g/mol. The van der Waals surface area contributed by atoms with Gasteiger partial charge in [-0.3, -0.25) is 14.4 Å². The van der Waals surface area contributed by atoms with Crippen LogP contribution in [0.4, 0.5) is 0 Å². The third-order valence-corrected chi connectivity index (χ3v) is 13.3. The van der Waals surface area contributed by atoms with Gasteiger partial charge in [-0.25, -0.2) is 0 Å². The zero-order valence-electron chi connectivity index (χ0n) is 25.3. The van der Waals surface area contributed by atoms with E-state index in [1.165, 1.54) is 14.0 Å². The van der Waals surface area contributed by atoms with Gasteiger partial charge in [0.25, 0.3) is 0 Å². The number of allylic oxidation sites excluding steroid dienone is 1. The molecular formula is C33H50O5. The summed E-state index contributed by atoms with van der Waals surface area (Å²) in [4.78, 5) is 38.8. The fourth-order valence-corrected chi connectivity index (χ4v) is 11.4. The number of carbonyl (C=O) groups is 3. The molecule has 0 N–H and O–H groups in total. The van der Waals surface area contributed by atoms with E-state index < -0.39 is 5.41 Å². The van der Waals surface area contributed by atoms with Crippen molar-refractivity contribution in [2.45, 2.75) is 119 Å². The molecule has 5 aliphatic rings. The molecule has 5 rings (SSSR count). The molecule has 0 aromatic rings. The maximum atomic E-state index is 13.5. The molecule has 8 atom stereocenters. The molecule has 212 valence electrons. The molecule has 4 fully saturated rings. The summed E-state index contributed by atoms with van der Waals surface area (Å²) in [6, 6.07) is 0. The Hall–Kier alpha value is -1.65. The van der Waals surface area contributed by atoms with Gasteiger partial charge in [0.15, 0.2) is 5.78 Å². The van der Waals surface area contributed by atoms with Crippen LogP contribution in [0.25, 0.3) is 0 Å². The summed E-state index contributed by atoms with van der Waals surface area (Å²) < 4.78 is 11.3. The molecule has 5 aliphatic carbocycles. The summed E-state index contributed by atoms with van der Waals surface area (Å²) in [5, 5.41) is 0. The van der Waals surface area contributed by atoms with Crippen LogP contribution in [-0.2, 0) is 23.9 Å². The van der Waals surface area contributed by atoms with Crippen LogP contribution in [0.15, 0.2) is 11.1 Å². The van der Waals surface area contributed by atoms with Gasteiger partial charge in [0, 0.05) is 18.8 Å². The van der Waals surface area contributed by atoms with Gasteiger partial charge in [0.2, 0.25) is 0 Å². The molecule has 0 bridgehead atoms. The van der Waals surface area contributed by atoms with Crippen molar-refractivity contribution < 1.29 is 23.9 Å². The molecule has 0 radical (unpaired) electrons. The van der Waals surface area contributed by atoms with Crippen LogP contribution in [0, 0.1) is 50.7 Å². The molecule has 0 aromatic heterocycles. The number of hydrogen-bond acceptors (Lipinski definition) is 5. The van der Waals surface area contributed by atoms with Crippen molar-refractivity contribution in [2.75, 3.05) is 7.11 Å². The molecule has 0 aliphatic heterocycles. The standard InChI is InChI=1S/C33H50O5/c1-19(2)26-22(35)18-33(28(36)37-9)17-16-31(7)21(27(26)33)10-11-24-30(6)14-13-25(38-20(3)34)29(4,5)23(30)12-15-32(24,31)8/h19,21,23-25H,10-18H2,1-9H3/t21?,23?,24?,25-,30-,31+,32+,33+/m0/s1. The number of methoxy groups -OCH3 is 1. The first-order valence-corrected chi connectivity index (χ1v) is 15.1. The van der Waals surface area contributed by atoms with Crippen molar-refractivity contribution in [1.82, 2.24) is 0 Å². The lowest BCUT2D eigenvalue weighted by molar-refractivity contribution is -0.233. The molecule has 0 heterocycles. The Balaban J connectivity index is 1.57. The summed E-state index contributed by atoms with van der Waals surface area (Å²) in [5.41, 5.74) is 1.59. The summed E-state index contributed by atoms with van der Waals surface area (Å²) >= 11 is 0. The second-order valence-electron chi connectivity index (χ2n) is 15.2. The van der Waals surface area contributed by atoms with Crippen molar-refractivity contribution in [3.8, 4) is 0 Å². The number of hydrogen-bond donors (Lipinski definition) is 0. The van der Waals surface area contributed by atoms with Gasteiger partial charge in [-0.05, 0) is 102 Å². The van der Waals surface area contributed by atoms with Gasteiger partial charge in [-0.1, -0.05) is 48.5 Å². The number of esters is 2. The van der Waals surface area contributed by atoms with Crippen LogP contribution >= 0.6 is 0 Å². The molecule has 5 nitrogen and oxygen atoms in total. The van der Waals surface area contributed by atoms with Gasteiger partial charge in [-0.2, -0.15) is 0 Å². The predicted molar refractivity (Wildman–Crippen MR) is 147 cm³/mol. The van der Waals surface area contributed by atoms with Crippen molar-refractivity contribution in [3.05, 3.63) is 11.1 Å². The van der Waals surface area contributed by atoms with E-state index in [1.807, 2.05) is 0 Å². The fraction of sp³-hybridized carbons (Fsp3) is 0.848. The molecule has 38 heavy (non-hydrogen) atoms. The summed E-state index contributed by atoms with van der Waals surface area (Å²) in [5.74, 6) is 1.22. The molecule has 0 aromatic carbocycles. The first-order chi connectivity index (χ1) is 17.6. The zero-order chi connectivity index (χ0) is 28.1. The SMILES string of the molecule is COC(=O)[C@@]12CC[C@]3(C)C(CCC4[C@@]5(C)CC[C@H](OC(C)=O)C(C)(C)C5CC[C@]43C)C1=C(C(C)C)C(=O)C2. The van der Waals surface area contributed by atoms with E-state index in [0.29, 0.717) is 24.7 Å². The first kappa shape index (κ1) is 27.9. The van der Waals surface area contributed by atoms with E-state index in [4.69, 9.17) is 9.47 Å². The average Bonchev–Trinajstić information content (AvgIpc) is 3.14. The zero-order valence-corrected chi connectivity index (χ0v) is 25.3. The quantitative estimate of drug-likeness (QED) is 0.368. The number of rotatable bonds is 3. The highest BCUT2D eigenvalue weighted by Gasteiger charge is 2.71. The molecule has 0 spiro atoms. The molecule has 4 saturated carbocycles. The lowest BCUT2D eigenvalue weighted by atomic mass is 9.33.